The maximum absolute atomic E-state index is 13.9. The highest BCUT2D eigenvalue weighted by Gasteiger charge is 2.31. The number of ether oxygens (including phenoxy) is 1. The fourth-order valence-corrected chi connectivity index (χ4v) is 3.91. The van der Waals surface area contributed by atoms with Gasteiger partial charge in [0, 0.05) is 18.0 Å². The maximum Gasteiger partial charge on any atom is 0.324 e. The summed E-state index contributed by atoms with van der Waals surface area (Å²) in [4.78, 5) is 20.0. The topological polar surface area (TPSA) is 124 Å². The first-order chi connectivity index (χ1) is 14.3. The molecule has 0 aliphatic carbocycles. The van der Waals surface area contributed by atoms with Crippen LogP contribution in [-0.4, -0.2) is 35.6 Å². The van der Waals surface area contributed by atoms with Crippen molar-refractivity contribution in [3.8, 4) is 11.4 Å². The molecule has 0 aliphatic rings. The molecule has 9 nitrogen and oxygen atoms in total. The molecule has 0 bridgehead atoms. The summed E-state index contributed by atoms with van der Waals surface area (Å²) in [5.41, 5.74) is 0.622. The molecule has 0 fully saturated rings. The number of hydrogen-bond donors (Lipinski definition) is 1. The second kappa shape index (κ2) is 9.09. The minimum Gasteiger partial charge on any atom is -0.454 e. The van der Waals surface area contributed by atoms with E-state index in [2.05, 4.69) is 19.8 Å². The van der Waals surface area contributed by atoms with Crippen LogP contribution < -0.4 is 4.72 Å². The molecule has 0 saturated heterocycles. The molecular formula is C19H19FN4O5S. The first kappa shape index (κ1) is 21.5. The van der Waals surface area contributed by atoms with Crippen LogP contribution in [0.5, 0.6) is 0 Å². The van der Waals surface area contributed by atoms with Crippen LogP contribution in [0.3, 0.4) is 0 Å². The van der Waals surface area contributed by atoms with Gasteiger partial charge in [-0.2, -0.15) is 9.71 Å². The zero-order chi connectivity index (χ0) is 21.7. The van der Waals surface area contributed by atoms with E-state index >= 15 is 0 Å². The predicted molar refractivity (Wildman–Crippen MR) is 103 cm³/mol. The number of nitrogens with one attached hydrogen (secondary N) is 1. The summed E-state index contributed by atoms with van der Waals surface area (Å²) in [6.07, 6.45) is 3.15. The van der Waals surface area contributed by atoms with E-state index < -0.39 is 38.7 Å². The number of carbonyl (C=O) groups is 1. The highest BCUT2D eigenvalue weighted by atomic mass is 32.2. The quantitative estimate of drug-likeness (QED) is 0.536. The van der Waals surface area contributed by atoms with E-state index in [1.807, 2.05) is 0 Å². The Morgan fingerprint density at radius 1 is 1.23 bits per heavy atom. The van der Waals surface area contributed by atoms with Gasteiger partial charge in [-0.25, -0.2) is 12.8 Å². The average molecular weight is 434 g/mol. The summed E-state index contributed by atoms with van der Waals surface area (Å²) in [6.45, 7) is 2.91. The van der Waals surface area contributed by atoms with Gasteiger partial charge in [0.15, 0.2) is 6.61 Å². The van der Waals surface area contributed by atoms with Crippen molar-refractivity contribution in [1.29, 1.82) is 0 Å². The number of pyridine rings is 1. The number of rotatable bonds is 8. The third-order valence-electron chi connectivity index (χ3n) is 4.05. The zero-order valence-electron chi connectivity index (χ0n) is 16.1. The number of hydrogen-bond acceptors (Lipinski definition) is 8. The van der Waals surface area contributed by atoms with Gasteiger partial charge in [0.25, 0.3) is 5.89 Å². The van der Waals surface area contributed by atoms with Gasteiger partial charge in [-0.05, 0) is 30.2 Å². The third kappa shape index (κ3) is 5.05. The number of halogens is 1. The van der Waals surface area contributed by atoms with Gasteiger partial charge in [0.1, 0.15) is 16.8 Å². The van der Waals surface area contributed by atoms with Gasteiger partial charge in [-0.15, -0.1) is 0 Å². The molecule has 1 aromatic carbocycles. The van der Waals surface area contributed by atoms with Crippen molar-refractivity contribution in [2.45, 2.75) is 31.4 Å². The van der Waals surface area contributed by atoms with Gasteiger partial charge in [0.05, 0.1) is 0 Å². The highest BCUT2D eigenvalue weighted by molar-refractivity contribution is 7.89. The Hall–Kier alpha value is -3.18. The van der Waals surface area contributed by atoms with Crippen LogP contribution in [0.25, 0.3) is 11.4 Å². The number of aromatic nitrogens is 3. The van der Waals surface area contributed by atoms with E-state index in [1.54, 1.807) is 38.4 Å². The summed E-state index contributed by atoms with van der Waals surface area (Å²) in [6, 6.07) is 7.09. The molecule has 0 unspecified atom stereocenters. The van der Waals surface area contributed by atoms with Crippen LogP contribution >= 0.6 is 0 Å². The molecular weight excluding hydrogens is 415 g/mol. The minimum absolute atomic E-state index is 0.0293. The minimum atomic E-state index is -4.28. The van der Waals surface area contributed by atoms with Crippen LogP contribution in [0.1, 0.15) is 19.7 Å². The number of carbonyl (C=O) groups excluding carboxylic acids is 1. The van der Waals surface area contributed by atoms with Crippen LogP contribution in [0, 0.1) is 11.7 Å². The highest BCUT2D eigenvalue weighted by Crippen LogP contribution is 2.17. The monoisotopic (exact) mass is 434 g/mol. The van der Waals surface area contributed by atoms with Crippen molar-refractivity contribution in [3.63, 3.8) is 0 Å². The Balaban J connectivity index is 1.68. The molecule has 0 amide bonds. The Morgan fingerprint density at radius 3 is 2.67 bits per heavy atom. The lowest BCUT2D eigenvalue weighted by Crippen LogP contribution is -2.45. The molecule has 0 saturated carbocycles. The van der Waals surface area contributed by atoms with Gasteiger partial charge in [0.2, 0.25) is 15.8 Å². The zero-order valence-corrected chi connectivity index (χ0v) is 17.0. The van der Waals surface area contributed by atoms with Crippen LogP contribution in [0.2, 0.25) is 0 Å². The van der Waals surface area contributed by atoms with E-state index in [1.165, 1.54) is 12.1 Å². The molecule has 0 radical (unpaired) electrons. The summed E-state index contributed by atoms with van der Waals surface area (Å²) < 4.78 is 51.3. The fourth-order valence-electron chi connectivity index (χ4n) is 2.50. The van der Waals surface area contributed by atoms with Gasteiger partial charge >= 0.3 is 5.97 Å². The molecule has 30 heavy (non-hydrogen) atoms. The standard InChI is InChI=1S/C19H19FN4O5S/c1-12(2)17(24-30(26,27)15-8-4-3-7-14(15)20)19(25)28-11-16-22-18(23-29-16)13-6-5-9-21-10-13/h3-10,12,17,24H,11H2,1-2H3/t17-/m0/s1. The van der Waals surface area contributed by atoms with Crippen molar-refractivity contribution in [1.82, 2.24) is 19.8 Å². The lowest BCUT2D eigenvalue weighted by Gasteiger charge is -2.20. The molecule has 0 spiro atoms. The fraction of sp³-hybridized carbons (Fsp3) is 0.263. The second-order valence-corrected chi connectivity index (χ2v) is 8.32. The first-order valence-corrected chi connectivity index (χ1v) is 10.4. The van der Waals surface area contributed by atoms with Crippen LogP contribution in [-0.2, 0) is 26.2 Å². The summed E-state index contributed by atoms with van der Waals surface area (Å²) in [5, 5.41) is 3.78. The Kier molecular flexibility index (Phi) is 6.53. The Labute approximate surface area is 172 Å². The lowest BCUT2D eigenvalue weighted by atomic mass is 10.1. The summed E-state index contributed by atoms with van der Waals surface area (Å²) in [5.74, 6) is -1.94. The van der Waals surface area contributed by atoms with Crippen molar-refractivity contribution in [2.75, 3.05) is 0 Å². The first-order valence-electron chi connectivity index (χ1n) is 8.94. The van der Waals surface area contributed by atoms with E-state index in [4.69, 9.17) is 9.26 Å². The van der Waals surface area contributed by atoms with Crippen molar-refractivity contribution in [3.05, 3.63) is 60.5 Å². The summed E-state index contributed by atoms with van der Waals surface area (Å²) >= 11 is 0. The van der Waals surface area contributed by atoms with Crippen molar-refractivity contribution < 1.29 is 26.9 Å². The van der Waals surface area contributed by atoms with E-state index in [-0.39, 0.29) is 18.3 Å². The smallest absolute Gasteiger partial charge is 0.324 e. The molecule has 11 heteroatoms. The van der Waals surface area contributed by atoms with E-state index in [9.17, 15) is 17.6 Å². The molecule has 1 N–H and O–H groups in total. The SMILES string of the molecule is CC(C)[C@H](NS(=O)(=O)c1ccccc1F)C(=O)OCc1nc(-c2cccnc2)no1. The summed E-state index contributed by atoms with van der Waals surface area (Å²) in [7, 11) is -4.28. The average Bonchev–Trinajstić information content (AvgIpc) is 3.20. The number of sulfonamides is 1. The molecule has 3 rings (SSSR count). The number of benzene rings is 1. The van der Waals surface area contributed by atoms with E-state index in [0.29, 0.717) is 5.56 Å². The molecule has 158 valence electrons. The predicted octanol–water partition coefficient (Wildman–Crippen LogP) is 2.32. The van der Waals surface area contributed by atoms with Gasteiger partial charge in [-0.3, -0.25) is 9.78 Å². The van der Waals surface area contributed by atoms with Crippen LogP contribution in [0.4, 0.5) is 4.39 Å². The number of esters is 1. The van der Waals surface area contributed by atoms with Crippen molar-refractivity contribution in [2.24, 2.45) is 5.92 Å². The second-order valence-electron chi connectivity index (χ2n) is 6.63. The lowest BCUT2D eigenvalue weighted by molar-refractivity contribution is -0.148. The Morgan fingerprint density at radius 2 is 2.00 bits per heavy atom. The van der Waals surface area contributed by atoms with Gasteiger partial charge in [-0.1, -0.05) is 31.1 Å². The third-order valence-corrected chi connectivity index (χ3v) is 5.53. The Bertz CT molecular complexity index is 1120. The van der Waals surface area contributed by atoms with Crippen molar-refractivity contribution >= 4 is 16.0 Å². The molecule has 0 aliphatic heterocycles. The van der Waals surface area contributed by atoms with Gasteiger partial charge < -0.3 is 9.26 Å². The normalized spacial score (nSPS) is 12.7. The maximum atomic E-state index is 13.9. The largest absolute Gasteiger partial charge is 0.454 e. The van der Waals surface area contributed by atoms with E-state index in [0.717, 1.165) is 12.1 Å². The molecule has 2 heterocycles. The molecule has 2 aromatic heterocycles. The molecule has 3 aromatic rings. The number of nitrogens with zero attached hydrogens (tertiary/aromatic N) is 3. The molecule has 1 atom stereocenters. The van der Waals surface area contributed by atoms with Crippen LogP contribution in [0.15, 0.2) is 58.2 Å².